The van der Waals surface area contributed by atoms with Gasteiger partial charge >= 0.3 is 0 Å². The second-order valence-electron chi connectivity index (χ2n) is 6.60. The van der Waals surface area contributed by atoms with E-state index in [9.17, 15) is 30.6 Å². The van der Waals surface area contributed by atoms with Gasteiger partial charge in [-0.05, 0) is 41.8 Å². The Morgan fingerprint density at radius 3 is 1.14 bits per heavy atom. The van der Waals surface area contributed by atoms with Crippen molar-refractivity contribution in [1.82, 2.24) is 9.13 Å². The maximum absolute atomic E-state index is 9.84. The van der Waals surface area contributed by atoms with Gasteiger partial charge in [-0.2, -0.15) is 0 Å². The van der Waals surface area contributed by atoms with Crippen LogP contribution in [0.3, 0.4) is 0 Å². The molecule has 0 fully saturated rings. The SMILES string of the molecule is Oc1cc(O)n(-c2ccc(Cc3ccc(-n4c(O)cc(O)c4O)cc3)cc2)c1O. The fourth-order valence-electron chi connectivity index (χ4n) is 3.22. The number of aromatic nitrogens is 2. The zero-order chi connectivity index (χ0) is 20.7. The highest BCUT2D eigenvalue weighted by molar-refractivity contribution is 5.51. The fourth-order valence-corrected chi connectivity index (χ4v) is 3.22. The molecule has 0 aliphatic heterocycles. The van der Waals surface area contributed by atoms with Gasteiger partial charge in [0.05, 0.1) is 11.4 Å². The van der Waals surface area contributed by atoms with Crippen molar-refractivity contribution in [2.24, 2.45) is 0 Å². The third kappa shape index (κ3) is 3.16. The van der Waals surface area contributed by atoms with Crippen molar-refractivity contribution >= 4 is 0 Å². The Kier molecular flexibility index (Phi) is 4.23. The molecule has 0 saturated carbocycles. The van der Waals surface area contributed by atoms with Crippen molar-refractivity contribution in [2.75, 3.05) is 0 Å². The van der Waals surface area contributed by atoms with Crippen LogP contribution in [0.4, 0.5) is 0 Å². The first kappa shape index (κ1) is 18.2. The summed E-state index contributed by atoms with van der Waals surface area (Å²) in [6.07, 6.45) is 0.602. The van der Waals surface area contributed by atoms with Crippen LogP contribution in [0.5, 0.6) is 35.0 Å². The number of hydrogen-bond acceptors (Lipinski definition) is 6. The predicted octanol–water partition coefficient (Wildman–Crippen LogP) is 3.09. The molecule has 0 radical (unpaired) electrons. The summed E-state index contributed by atoms with van der Waals surface area (Å²) in [6, 6.07) is 16.3. The van der Waals surface area contributed by atoms with Crippen molar-refractivity contribution in [3.63, 3.8) is 0 Å². The lowest BCUT2D eigenvalue weighted by atomic mass is 10.0. The standard InChI is InChI=1S/C21H18N2O6/c24-16-10-18(26)22(20(16)28)14-5-1-12(2-6-14)9-13-3-7-15(8-4-13)23-19(27)11-17(25)21(23)29/h1-8,10-11,24-29H,9H2. The molecule has 0 bridgehead atoms. The zero-order valence-corrected chi connectivity index (χ0v) is 15.1. The maximum Gasteiger partial charge on any atom is 0.242 e. The van der Waals surface area contributed by atoms with Gasteiger partial charge in [0.25, 0.3) is 0 Å². The minimum Gasteiger partial charge on any atom is -0.503 e. The van der Waals surface area contributed by atoms with Crippen molar-refractivity contribution in [3.8, 4) is 46.4 Å². The summed E-state index contributed by atoms with van der Waals surface area (Å²) in [5, 5.41) is 58.3. The highest BCUT2D eigenvalue weighted by atomic mass is 16.3. The van der Waals surface area contributed by atoms with E-state index in [1.165, 1.54) is 0 Å². The number of benzene rings is 2. The predicted molar refractivity (Wildman–Crippen MR) is 104 cm³/mol. The first-order valence-corrected chi connectivity index (χ1v) is 8.69. The summed E-state index contributed by atoms with van der Waals surface area (Å²) < 4.78 is 2.25. The summed E-state index contributed by atoms with van der Waals surface area (Å²) in [5.74, 6) is -2.22. The molecular weight excluding hydrogens is 376 g/mol. The smallest absolute Gasteiger partial charge is 0.242 e. The molecule has 4 aromatic rings. The molecule has 0 aliphatic carbocycles. The topological polar surface area (TPSA) is 131 Å². The van der Waals surface area contributed by atoms with Crippen LogP contribution in [-0.4, -0.2) is 39.8 Å². The van der Waals surface area contributed by atoms with E-state index in [1.54, 1.807) is 24.3 Å². The van der Waals surface area contributed by atoms with Gasteiger partial charge in [0.2, 0.25) is 23.5 Å². The van der Waals surface area contributed by atoms with Crippen molar-refractivity contribution in [3.05, 3.63) is 71.8 Å². The van der Waals surface area contributed by atoms with Crippen LogP contribution in [0.1, 0.15) is 11.1 Å². The Bertz CT molecular complexity index is 1080. The molecule has 0 saturated heterocycles. The summed E-state index contributed by atoms with van der Waals surface area (Å²) in [5.41, 5.74) is 2.94. The number of rotatable bonds is 4. The minimum atomic E-state index is -0.437. The van der Waals surface area contributed by atoms with Crippen LogP contribution in [0.15, 0.2) is 60.7 Å². The summed E-state index contributed by atoms with van der Waals surface area (Å²) in [4.78, 5) is 0. The Hall–Kier alpha value is -4.20. The van der Waals surface area contributed by atoms with Crippen LogP contribution < -0.4 is 0 Å². The Morgan fingerprint density at radius 2 is 0.862 bits per heavy atom. The van der Waals surface area contributed by atoms with E-state index in [2.05, 4.69) is 0 Å². The second kappa shape index (κ2) is 6.75. The first-order valence-electron chi connectivity index (χ1n) is 8.69. The lowest BCUT2D eigenvalue weighted by Gasteiger charge is -2.09. The third-order valence-corrected chi connectivity index (χ3v) is 4.67. The van der Waals surface area contributed by atoms with Gasteiger partial charge in [-0.1, -0.05) is 24.3 Å². The van der Waals surface area contributed by atoms with Gasteiger partial charge in [0, 0.05) is 12.1 Å². The summed E-state index contributed by atoms with van der Waals surface area (Å²) in [6.45, 7) is 0. The third-order valence-electron chi connectivity index (χ3n) is 4.67. The Balaban J connectivity index is 1.54. The molecule has 0 unspecified atom stereocenters. The number of nitrogens with zero attached hydrogens (tertiary/aromatic N) is 2. The van der Waals surface area contributed by atoms with Crippen molar-refractivity contribution in [1.29, 1.82) is 0 Å². The van der Waals surface area contributed by atoms with Crippen LogP contribution in [0, 0.1) is 0 Å². The van der Waals surface area contributed by atoms with E-state index in [0.29, 0.717) is 17.8 Å². The van der Waals surface area contributed by atoms with Gasteiger partial charge < -0.3 is 30.6 Å². The molecule has 8 nitrogen and oxygen atoms in total. The summed E-state index contributed by atoms with van der Waals surface area (Å²) in [7, 11) is 0. The van der Waals surface area contributed by atoms with E-state index in [4.69, 9.17) is 0 Å². The molecule has 4 rings (SSSR count). The molecule has 8 heteroatoms. The highest BCUT2D eigenvalue weighted by Crippen LogP contribution is 2.37. The number of hydrogen-bond donors (Lipinski definition) is 6. The molecule has 0 amide bonds. The second-order valence-corrected chi connectivity index (χ2v) is 6.60. The Morgan fingerprint density at radius 1 is 0.517 bits per heavy atom. The normalized spacial score (nSPS) is 11.0. The van der Waals surface area contributed by atoms with Crippen LogP contribution in [-0.2, 0) is 6.42 Å². The molecule has 148 valence electrons. The molecule has 29 heavy (non-hydrogen) atoms. The van der Waals surface area contributed by atoms with Crippen molar-refractivity contribution in [2.45, 2.75) is 6.42 Å². The summed E-state index contributed by atoms with van der Waals surface area (Å²) >= 11 is 0. The van der Waals surface area contributed by atoms with E-state index in [-0.39, 0.29) is 11.8 Å². The molecule has 0 spiro atoms. The maximum atomic E-state index is 9.84. The quantitative estimate of drug-likeness (QED) is 0.315. The van der Waals surface area contributed by atoms with Gasteiger partial charge in [-0.3, -0.25) is 0 Å². The average molecular weight is 394 g/mol. The lowest BCUT2D eigenvalue weighted by molar-refractivity contribution is 0.377. The van der Waals surface area contributed by atoms with E-state index < -0.39 is 23.3 Å². The average Bonchev–Trinajstić information content (AvgIpc) is 3.10. The van der Waals surface area contributed by atoms with Gasteiger partial charge in [-0.25, -0.2) is 9.13 Å². The van der Waals surface area contributed by atoms with Crippen LogP contribution in [0.2, 0.25) is 0 Å². The molecule has 6 N–H and O–H groups in total. The first-order chi connectivity index (χ1) is 13.8. The van der Waals surface area contributed by atoms with Gasteiger partial charge in [0.1, 0.15) is 0 Å². The van der Waals surface area contributed by atoms with Crippen LogP contribution >= 0.6 is 0 Å². The fraction of sp³-hybridized carbons (Fsp3) is 0.0476. The van der Waals surface area contributed by atoms with Crippen LogP contribution in [0.25, 0.3) is 11.4 Å². The molecule has 0 atom stereocenters. The van der Waals surface area contributed by atoms with E-state index >= 15 is 0 Å². The van der Waals surface area contributed by atoms with E-state index in [0.717, 1.165) is 32.4 Å². The largest absolute Gasteiger partial charge is 0.503 e. The molecule has 2 heterocycles. The van der Waals surface area contributed by atoms with Crippen molar-refractivity contribution < 1.29 is 30.6 Å². The molecule has 0 aliphatic rings. The highest BCUT2D eigenvalue weighted by Gasteiger charge is 2.15. The zero-order valence-electron chi connectivity index (χ0n) is 15.1. The molecule has 2 aromatic heterocycles. The monoisotopic (exact) mass is 394 g/mol. The lowest BCUT2D eigenvalue weighted by Crippen LogP contribution is -1.95. The van der Waals surface area contributed by atoms with E-state index in [1.807, 2.05) is 24.3 Å². The van der Waals surface area contributed by atoms with Gasteiger partial charge in [0.15, 0.2) is 11.5 Å². The minimum absolute atomic E-state index is 0.272. The van der Waals surface area contributed by atoms with Gasteiger partial charge in [-0.15, -0.1) is 0 Å². The Labute approximate surface area is 165 Å². The molecule has 2 aromatic carbocycles. The molecular formula is C21H18N2O6. The number of aromatic hydroxyl groups is 6.